The number of nitrogens with one attached hydrogen (secondary N) is 1. The van der Waals surface area contributed by atoms with Gasteiger partial charge in [-0.2, -0.15) is 0 Å². The van der Waals surface area contributed by atoms with Gasteiger partial charge in [-0.05, 0) is 60.4 Å². The van der Waals surface area contributed by atoms with Crippen LogP contribution in [0, 0.1) is 0 Å². The highest BCUT2D eigenvalue weighted by Gasteiger charge is 2.44. The van der Waals surface area contributed by atoms with E-state index < -0.39 is 11.8 Å². The van der Waals surface area contributed by atoms with Crippen LogP contribution in [0.1, 0.15) is 24.0 Å². The van der Waals surface area contributed by atoms with Gasteiger partial charge in [0.15, 0.2) is 0 Å². The summed E-state index contributed by atoms with van der Waals surface area (Å²) >= 11 is 11.9. The first kappa shape index (κ1) is 18.3. The van der Waals surface area contributed by atoms with Crippen molar-refractivity contribution in [1.82, 2.24) is 4.90 Å². The normalized spacial score (nSPS) is 17.6. The van der Waals surface area contributed by atoms with Crippen LogP contribution >= 0.6 is 23.2 Å². The Morgan fingerprint density at radius 1 is 1.00 bits per heavy atom. The van der Waals surface area contributed by atoms with E-state index in [4.69, 9.17) is 27.9 Å². The summed E-state index contributed by atoms with van der Waals surface area (Å²) in [5, 5.41) is 3.88. The first-order valence-corrected chi connectivity index (χ1v) is 9.51. The molecule has 0 radical (unpaired) electrons. The number of likely N-dealkylation sites (tertiary alicyclic amines) is 1. The SMILES string of the molecule is O=C(Nc1ccc(Cl)cc1)C(=O)N1CCC2(CC1)OCc1cc(Cl)ccc12. The molecule has 5 nitrogen and oxygen atoms in total. The van der Waals surface area contributed by atoms with Gasteiger partial charge in [0.1, 0.15) is 0 Å². The van der Waals surface area contributed by atoms with E-state index in [2.05, 4.69) is 5.32 Å². The van der Waals surface area contributed by atoms with Crippen LogP contribution in [0.15, 0.2) is 42.5 Å². The largest absolute Gasteiger partial charge is 0.365 e. The van der Waals surface area contributed by atoms with E-state index in [1.807, 2.05) is 18.2 Å². The van der Waals surface area contributed by atoms with Crippen molar-refractivity contribution in [3.8, 4) is 0 Å². The molecule has 0 aromatic heterocycles. The summed E-state index contributed by atoms with van der Waals surface area (Å²) in [7, 11) is 0. The molecule has 0 atom stereocenters. The fraction of sp³-hybridized carbons (Fsp3) is 0.300. The number of ether oxygens (including phenoxy) is 1. The van der Waals surface area contributed by atoms with E-state index in [1.165, 1.54) is 0 Å². The molecule has 1 N–H and O–H groups in total. The summed E-state index contributed by atoms with van der Waals surface area (Å²) in [5.74, 6) is -1.18. The number of fused-ring (bicyclic) bond motifs is 2. The molecule has 140 valence electrons. The second kappa shape index (κ2) is 7.15. The molecule has 2 aromatic carbocycles. The Kier molecular flexibility index (Phi) is 4.84. The van der Waals surface area contributed by atoms with Crippen molar-refractivity contribution >= 4 is 40.7 Å². The van der Waals surface area contributed by atoms with Crippen LogP contribution in [0.25, 0.3) is 0 Å². The lowest BCUT2D eigenvalue weighted by molar-refractivity contribution is -0.147. The second-order valence-corrected chi connectivity index (χ2v) is 7.71. The topological polar surface area (TPSA) is 58.6 Å². The third kappa shape index (κ3) is 3.55. The third-order valence-corrected chi connectivity index (χ3v) is 5.70. The number of piperidine rings is 1. The maximum absolute atomic E-state index is 12.5. The molecule has 1 fully saturated rings. The van der Waals surface area contributed by atoms with Crippen molar-refractivity contribution < 1.29 is 14.3 Å². The van der Waals surface area contributed by atoms with Crippen LogP contribution in [0.3, 0.4) is 0 Å². The second-order valence-electron chi connectivity index (χ2n) is 6.84. The Balaban J connectivity index is 1.40. The van der Waals surface area contributed by atoms with Gasteiger partial charge < -0.3 is 15.0 Å². The van der Waals surface area contributed by atoms with Gasteiger partial charge in [-0.15, -0.1) is 0 Å². The van der Waals surface area contributed by atoms with Crippen LogP contribution in [0.4, 0.5) is 5.69 Å². The zero-order valence-corrected chi connectivity index (χ0v) is 16.0. The van der Waals surface area contributed by atoms with Crippen LogP contribution in [0.2, 0.25) is 10.0 Å². The lowest BCUT2D eigenvalue weighted by Crippen LogP contribution is -2.48. The molecular formula is C20H18Cl2N2O3. The van der Waals surface area contributed by atoms with Gasteiger partial charge in [-0.1, -0.05) is 29.3 Å². The van der Waals surface area contributed by atoms with Gasteiger partial charge in [0, 0.05) is 28.8 Å². The first-order chi connectivity index (χ1) is 13.0. The molecule has 27 heavy (non-hydrogen) atoms. The summed E-state index contributed by atoms with van der Waals surface area (Å²) in [6.45, 7) is 1.46. The Bertz CT molecular complexity index is 891. The number of carbonyl (C=O) groups excluding carboxylic acids is 2. The highest BCUT2D eigenvalue weighted by Crippen LogP contribution is 2.44. The Morgan fingerprint density at radius 2 is 1.67 bits per heavy atom. The molecular weight excluding hydrogens is 387 g/mol. The minimum absolute atomic E-state index is 0.386. The van der Waals surface area contributed by atoms with Gasteiger partial charge in [0.05, 0.1) is 12.2 Å². The number of benzene rings is 2. The minimum atomic E-state index is -0.646. The van der Waals surface area contributed by atoms with E-state index in [-0.39, 0.29) is 5.60 Å². The predicted octanol–water partition coefficient (Wildman–Crippen LogP) is 3.98. The summed E-state index contributed by atoms with van der Waals surface area (Å²) in [6.07, 6.45) is 1.31. The Hall–Kier alpha value is -2.08. The average Bonchev–Trinajstić information content (AvgIpc) is 3.01. The molecule has 1 saturated heterocycles. The molecule has 2 aliphatic heterocycles. The standard InChI is InChI=1S/C20H18Cl2N2O3/c21-14-1-4-16(5-2-14)23-18(25)19(26)24-9-7-20(8-10-24)17-6-3-15(22)11-13(17)12-27-20/h1-6,11H,7-10,12H2,(H,23,25). The molecule has 4 rings (SSSR count). The molecule has 0 unspecified atom stereocenters. The highest BCUT2D eigenvalue weighted by molar-refractivity contribution is 6.39. The molecule has 2 aliphatic rings. The number of nitrogens with zero attached hydrogens (tertiary/aromatic N) is 1. The maximum atomic E-state index is 12.5. The Labute approximate surface area is 167 Å². The van der Waals surface area contributed by atoms with Crippen molar-refractivity contribution in [2.45, 2.75) is 25.0 Å². The van der Waals surface area contributed by atoms with Crippen molar-refractivity contribution in [2.75, 3.05) is 18.4 Å². The van der Waals surface area contributed by atoms with E-state index in [0.29, 0.717) is 48.3 Å². The molecule has 0 saturated carbocycles. The molecule has 0 bridgehead atoms. The molecule has 2 amide bonds. The van der Waals surface area contributed by atoms with Crippen molar-refractivity contribution in [3.05, 3.63) is 63.6 Å². The van der Waals surface area contributed by atoms with Crippen LogP contribution in [-0.2, 0) is 26.5 Å². The fourth-order valence-electron chi connectivity index (χ4n) is 3.77. The summed E-state index contributed by atoms with van der Waals surface area (Å²) in [5.41, 5.74) is 2.40. The van der Waals surface area contributed by atoms with Gasteiger partial charge in [0.2, 0.25) is 0 Å². The minimum Gasteiger partial charge on any atom is -0.365 e. The van der Waals surface area contributed by atoms with Gasteiger partial charge in [0.25, 0.3) is 0 Å². The smallest absolute Gasteiger partial charge is 0.313 e. The quantitative estimate of drug-likeness (QED) is 0.731. The number of amides is 2. The summed E-state index contributed by atoms with van der Waals surface area (Å²) in [6, 6.07) is 12.5. The van der Waals surface area contributed by atoms with Crippen LogP contribution < -0.4 is 5.32 Å². The third-order valence-electron chi connectivity index (χ3n) is 5.22. The van der Waals surface area contributed by atoms with E-state index in [9.17, 15) is 9.59 Å². The van der Waals surface area contributed by atoms with Crippen LogP contribution in [-0.4, -0.2) is 29.8 Å². The lowest BCUT2D eigenvalue weighted by Gasteiger charge is -2.39. The number of hydrogen-bond acceptors (Lipinski definition) is 3. The average molecular weight is 405 g/mol. The van der Waals surface area contributed by atoms with E-state index in [0.717, 1.165) is 11.1 Å². The molecule has 2 aromatic rings. The zero-order chi connectivity index (χ0) is 19.0. The lowest BCUT2D eigenvalue weighted by atomic mass is 9.84. The van der Waals surface area contributed by atoms with Crippen molar-refractivity contribution in [3.63, 3.8) is 0 Å². The van der Waals surface area contributed by atoms with Gasteiger partial charge in [-0.25, -0.2) is 0 Å². The van der Waals surface area contributed by atoms with Crippen LogP contribution in [0.5, 0.6) is 0 Å². The monoisotopic (exact) mass is 404 g/mol. The molecule has 1 spiro atoms. The molecule has 0 aliphatic carbocycles. The predicted molar refractivity (Wildman–Crippen MR) is 104 cm³/mol. The first-order valence-electron chi connectivity index (χ1n) is 8.76. The van der Waals surface area contributed by atoms with Crippen molar-refractivity contribution in [1.29, 1.82) is 0 Å². The van der Waals surface area contributed by atoms with Gasteiger partial charge in [-0.3, -0.25) is 9.59 Å². The number of carbonyl (C=O) groups is 2. The highest BCUT2D eigenvalue weighted by atomic mass is 35.5. The Morgan fingerprint density at radius 3 is 2.37 bits per heavy atom. The fourth-order valence-corrected chi connectivity index (χ4v) is 4.09. The molecule has 7 heteroatoms. The number of halogens is 2. The van der Waals surface area contributed by atoms with E-state index in [1.54, 1.807) is 29.2 Å². The zero-order valence-electron chi connectivity index (χ0n) is 14.5. The summed E-state index contributed by atoms with van der Waals surface area (Å²) < 4.78 is 6.09. The van der Waals surface area contributed by atoms with Crippen molar-refractivity contribution in [2.24, 2.45) is 0 Å². The maximum Gasteiger partial charge on any atom is 0.313 e. The van der Waals surface area contributed by atoms with E-state index >= 15 is 0 Å². The number of hydrogen-bond donors (Lipinski definition) is 1. The van der Waals surface area contributed by atoms with Gasteiger partial charge >= 0.3 is 11.8 Å². The number of anilines is 1. The molecule has 2 heterocycles. The number of rotatable bonds is 1. The summed E-state index contributed by atoms with van der Waals surface area (Å²) in [4.78, 5) is 26.3.